The number of urea groups is 1. The lowest BCUT2D eigenvalue weighted by Gasteiger charge is -2.14. The van der Waals surface area contributed by atoms with E-state index in [4.69, 9.17) is 4.52 Å². The molecule has 0 aliphatic heterocycles. The summed E-state index contributed by atoms with van der Waals surface area (Å²) < 4.78 is 5.19. The van der Waals surface area contributed by atoms with Crippen LogP contribution in [-0.4, -0.2) is 28.9 Å². The Morgan fingerprint density at radius 2 is 2.25 bits per heavy atom. The van der Waals surface area contributed by atoms with Crippen LogP contribution in [0.4, 0.5) is 10.6 Å². The lowest BCUT2D eigenvalue weighted by atomic mass is 9.93. The maximum absolute atomic E-state index is 11.7. The van der Waals surface area contributed by atoms with Crippen LogP contribution in [-0.2, 0) is 5.41 Å². The van der Waals surface area contributed by atoms with Crippen molar-refractivity contribution in [2.75, 3.05) is 11.9 Å². The first-order valence-electron chi connectivity index (χ1n) is 7.06. The predicted octanol–water partition coefficient (Wildman–Crippen LogP) is 2.25. The number of anilines is 1. The Balaban J connectivity index is 1.81. The Hall–Kier alpha value is -1.56. The van der Waals surface area contributed by atoms with Gasteiger partial charge in [-0.15, -0.1) is 0 Å². The molecule has 0 bridgehead atoms. The first kappa shape index (κ1) is 14.8. The molecule has 2 amide bonds. The Morgan fingerprint density at radius 1 is 1.50 bits per heavy atom. The Morgan fingerprint density at radius 3 is 2.80 bits per heavy atom. The lowest BCUT2D eigenvalue weighted by Crippen LogP contribution is -2.35. The van der Waals surface area contributed by atoms with Crippen LogP contribution in [0.5, 0.6) is 0 Å². The molecule has 1 aromatic heterocycles. The van der Waals surface area contributed by atoms with Gasteiger partial charge in [-0.1, -0.05) is 32.3 Å². The molecule has 1 saturated carbocycles. The van der Waals surface area contributed by atoms with E-state index in [2.05, 4.69) is 15.8 Å². The van der Waals surface area contributed by atoms with Gasteiger partial charge in [-0.05, 0) is 12.8 Å². The molecule has 1 aliphatic carbocycles. The second-order valence-corrected chi connectivity index (χ2v) is 6.42. The average molecular weight is 281 g/mol. The molecule has 6 nitrogen and oxygen atoms in total. The summed E-state index contributed by atoms with van der Waals surface area (Å²) in [5.74, 6) is 1.28. The van der Waals surface area contributed by atoms with Crippen LogP contribution in [0.3, 0.4) is 0 Å². The van der Waals surface area contributed by atoms with Crippen molar-refractivity contribution in [1.82, 2.24) is 10.5 Å². The molecule has 1 heterocycles. The van der Waals surface area contributed by atoms with E-state index in [0.29, 0.717) is 12.4 Å². The molecule has 0 saturated heterocycles. The number of hydrogen-bond donors (Lipinski definition) is 3. The summed E-state index contributed by atoms with van der Waals surface area (Å²) in [6.07, 6.45) is 2.51. The largest absolute Gasteiger partial charge is 0.393 e. The quantitative estimate of drug-likeness (QED) is 0.793. The number of hydrogen-bond acceptors (Lipinski definition) is 4. The van der Waals surface area contributed by atoms with E-state index in [9.17, 15) is 9.90 Å². The van der Waals surface area contributed by atoms with Crippen LogP contribution in [0.15, 0.2) is 10.6 Å². The molecular weight excluding hydrogens is 258 g/mol. The highest BCUT2D eigenvalue weighted by atomic mass is 16.5. The minimum absolute atomic E-state index is 0.142. The molecule has 2 atom stereocenters. The molecule has 1 aromatic rings. The minimum atomic E-state index is -0.321. The maximum Gasteiger partial charge on any atom is 0.320 e. The monoisotopic (exact) mass is 281 g/mol. The van der Waals surface area contributed by atoms with E-state index in [1.54, 1.807) is 6.07 Å². The van der Waals surface area contributed by atoms with Gasteiger partial charge in [-0.2, -0.15) is 0 Å². The first-order valence-corrected chi connectivity index (χ1v) is 7.06. The second-order valence-electron chi connectivity index (χ2n) is 6.42. The van der Waals surface area contributed by atoms with E-state index in [1.807, 2.05) is 20.8 Å². The van der Waals surface area contributed by atoms with Gasteiger partial charge in [0.25, 0.3) is 0 Å². The van der Waals surface area contributed by atoms with Gasteiger partial charge in [0.1, 0.15) is 5.76 Å². The molecule has 2 rings (SSSR count). The van der Waals surface area contributed by atoms with Crippen LogP contribution in [0, 0.1) is 5.92 Å². The highest BCUT2D eigenvalue weighted by Gasteiger charge is 2.25. The average Bonchev–Trinajstić information content (AvgIpc) is 2.95. The number of aliphatic hydroxyl groups is 1. The molecule has 1 fully saturated rings. The number of amides is 2. The zero-order valence-corrected chi connectivity index (χ0v) is 12.3. The fraction of sp³-hybridized carbons (Fsp3) is 0.714. The van der Waals surface area contributed by atoms with E-state index in [-0.39, 0.29) is 23.5 Å². The number of nitrogens with zero attached hydrogens (tertiary/aromatic N) is 1. The fourth-order valence-electron chi connectivity index (χ4n) is 2.33. The lowest BCUT2D eigenvalue weighted by molar-refractivity contribution is 0.133. The van der Waals surface area contributed by atoms with Crippen molar-refractivity contribution >= 4 is 11.8 Å². The van der Waals surface area contributed by atoms with Crippen molar-refractivity contribution in [2.24, 2.45) is 5.92 Å². The highest BCUT2D eigenvalue weighted by molar-refractivity contribution is 5.88. The number of aromatic nitrogens is 1. The van der Waals surface area contributed by atoms with Crippen molar-refractivity contribution < 1.29 is 14.4 Å². The number of aliphatic hydroxyl groups excluding tert-OH is 1. The molecule has 6 heteroatoms. The van der Waals surface area contributed by atoms with Crippen LogP contribution in [0.1, 0.15) is 45.8 Å². The van der Waals surface area contributed by atoms with Gasteiger partial charge in [0.15, 0.2) is 5.82 Å². The Kier molecular flexibility index (Phi) is 4.32. The third kappa shape index (κ3) is 3.72. The van der Waals surface area contributed by atoms with E-state index >= 15 is 0 Å². The van der Waals surface area contributed by atoms with Crippen molar-refractivity contribution in [2.45, 2.75) is 51.6 Å². The van der Waals surface area contributed by atoms with Gasteiger partial charge in [0.05, 0.1) is 6.10 Å². The van der Waals surface area contributed by atoms with Gasteiger partial charge in [0.2, 0.25) is 0 Å². The summed E-state index contributed by atoms with van der Waals surface area (Å²) in [4.78, 5) is 11.7. The van der Waals surface area contributed by atoms with Gasteiger partial charge in [-0.3, -0.25) is 5.32 Å². The summed E-state index contributed by atoms with van der Waals surface area (Å²) in [5.41, 5.74) is -0.142. The summed E-state index contributed by atoms with van der Waals surface area (Å²) in [6.45, 7) is 6.52. The predicted molar refractivity (Wildman–Crippen MR) is 75.6 cm³/mol. The molecule has 112 valence electrons. The van der Waals surface area contributed by atoms with Gasteiger partial charge in [-0.25, -0.2) is 4.79 Å². The van der Waals surface area contributed by atoms with Gasteiger partial charge in [0, 0.05) is 23.9 Å². The first-order chi connectivity index (χ1) is 9.36. The topological polar surface area (TPSA) is 87.4 Å². The van der Waals surface area contributed by atoms with Gasteiger partial charge < -0.3 is 14.9 Å². The summed E-state index contributed by atoms with van der Waals surface area (Å²) >= 11 is 0. The smallest absolute Gasteiger partial charge is 0.320 e. The van der Waals surface area contributed by atoms with Crippen LogP contribution in [0.25, 0.3) is 0 Å². The number of carbonyl (C=O) groups is 1. The minimum Gasteiger partial charge on any atom is -0.393 e. The van der Waals surface area contributed by atoms with Crippen LogP contribution in [0.2, 0.25) is 0 Å². The molecule has 0 radical (unpaired) electrons. The van der Waals surface area contributed by atoms with Gasteiger partial charge >= 0.3 is 6.03 Å². The van der Waals surface area contributed by atoms with E-state index in [1.165, 1.54) is 0 Å². The molecule has 0 aromatic carbocycles. The summed E-state index contributed by atoms with van der Waals surface area (Å²) in [7, 11) is 0. The van der Waals surface area contributed by atoms with Crippen molar-refractivity contribution in [3.8, 4) is 0 Å². The molecule has 0 spiro atoms. The Labute approximate surface area is 118 Å². The molecule has 1 aliphatic rings. The van der Waals surface area contributed by atoms with Crippen molar-refractivity contribution in [3.05, 3.63) is 11.8 Å². The summed E-state index contributed by atoms with van der Waals surface area (Å²) in [6, 6.07) is 1.40. The number of carbonyl (C=O) groups excluding carboxylic acids is 1. The van der Waals surface area contributed by atoms with E-state index < -0.39 is 0 Å². The zero-order chi connectivity index (χ0) is 14.8. The SMILES string of the molecule is CC(C)(C)c1cc(NC(=O)NCC2CCCC2O)no1. The molecule has 20 heavy (non-hydrogen) atoms. The molecular formula is C14H23N3O3. The summed E-state index contributed by atoms with van der Waals surface area (Å²) in [5, 5.41) is 18.9. The van der Waals surface area contributed by atoms with Crippen LogP contribution < -0.4 is 10.6 Å². The van der Waals surface area contributed by atoms with E-state index in [0.717, 1.165) is 25.0 Å². The third-order valence-electron chi connectivity index (χ3n) is 3.63. The van der Waals surface area contributed by atoms with Crippen molar-refractivity contribution in [1.29, 1.82) is 0 Å². The van der Waals surface area contributed by atoms with Crippen molar-refractivity contribution in [3.63, 3.8) is 0 Å². The maximum atomic E-state index is 11.7. The fourth-order valence-corrected chi connectivity index (χ4v) is 2.33. The number of nitrogens with one attached hydrogen (secondary N) is 2. The standard InChI is InChI=1S/C14H23N3O3/c1-14(2,3)11-7-12(17-20-11)16-13(19)15-8-9-5-4-6-10(9)18/h7,9-10,18H,4-6,8H2,1-3H3,(H2,15,16,17,19). The Bertz CT molecular complexity index is 464. The zero-order valence-electron chi connectivity index (χ0n) is 12.3. The molecule has 2 unspecified atom stereocenters. The highest BCUT2D eigenvalue weighted by Crippen LogP contribution is 2.25. The molecule has 3 N–H and O–H groups in total. The van der Waals surface area contributed by atoms with Crippen LogP contribution >= 0.6 is 0 Å². The normalized spacial score (nSPS) is 22.8. The third-order valence-corrected chi connectivity index (χ3v) is 3.63. The number of rotatable bonds is 3. The second kappa shape index (κ2) is 5.83.